The molecule has 1 saturated heterocycles. The topological polar surface area (TPSA) is 55.8 Å². The molecule has 21 heavy (non-hydrogen) atoms. The molecule has 0 radical (unpaired) electrons. The minimum atomic E-state index is -0.453. The van der Waals surface area contributed by atoms with E-state index in [1.54, 1.807) is 4.90 Å². The van der Waals surface area contributed by atoms with Crippen LogP contribution >= 0.6 is 0 Å². The molecule has 0 aromatic rings. The zero-order valence-corrected chi connectivity index (χ0v) is 14.0. The Kier molecular flexibility index (Phi) is 6.49. The number of amides is 1. The Labute approximate surface area is 128 Å². The maximum Gasteiger partial charge on any atom is 0.410 e. The molecule has 1 rings (SSSR count). The van der Waals surface area contributed by atoms with Crippen LogP contribution in [0.2, 0.25) is 0 Å². The van der Waals surface area contributed by atoms with Gasteiger partial charge in [0.1, 0.15) is 5.60 Å². The van der Waals surface area contributed by atoms with Gasteiger partial charge in [-0.1, -0.05) is 6.92 Å². The van der Waals surface area contributed by atoms with Crippen molar-refractivity contribution in [3.05, 3.63) is 0 Å². The molecule has 1 aliphatic rings. The van der Waals surface area contributed by atoms with E-state index in [0.29, 0.717) is 38.0 Å². The first kappa shape index (κ1) is 17.8. The van der Waals surface area contributed by atoms with Crippen molar-refractivity contribution < 1.29 is 19.1 Å². The van der Waals surface area contributed by atoms with Gasteiger partial charge in [0.05, 0.1) is 6.61 Å². The lowest BCUT2D eigenvalue weighted by Crippen LogP contribution is -2.42. The van der Waals surface area contributed by atoms with Crippen molar-refractivity contribution in [1.29, 1.82) is 0 Å². The maximum absolute atomic E-state index is 12.0. The highest BCUT2D eigenvalue weighted by atomic mass is 16.6. The molecular weight excluding hydrogens is 270 g/mol. The predicted molar refractivity (Wildman–Crippen MR) is 80.9 cm³/mol. The van der Waals surface area contributed by atoms with Crippen LogP contribution in [0.25, 0.3) is 0 Å². The number of ether oxygens (including phenoxy) is 2. The molecule has 0 N–H and O–H groups in total. The van der Waals surface area contributed by atoms with Gasteiger partial charge in [0.15, 0.2) is 0 Å². The molecule has 0 bridgehead atoms. The Morgan fingerprint density at radius 1 is 1.24 bits per heavy atom. The summed E-state index contributed by atoms with van der Waals surface area (Å²) < 4.78 is 10.4. The molecule has 1 aliphatic heterocycles. The number of rotatable bonds is 4. The fourth-order valence-electron chi connectivity index (χ4n) is 2.63. The van der Waals surface area contributed by atoms with E-state index >= 15 is 0 Å². The molecule has 0 spiro atoms. The zero-order chi connectivity index (χ0) is 16.0. The number of hydrogen-bond donors (Lipinski definition) is 0. The molecule has 1 amide bonds. The Bertz CT molecular complexity index is 354. The molecule has 1 fully saturated rings. The van der Waals surface area contributed by atoms with Gasteiger partial charge < -0.3 is 14.4 Å². The highest BCUT2D eigenvalue weighted by Crippen LogP contribution is 2.28. The third kappa shape index (κ3) is 6.36. The van der Waals surface area contributed by atoms with Crippen molar-refractivity contribution in [3.63, 3.8) is 0 Å². The number of likely N-dealkylation sites (tertiary alicyclic amines) is 1. The van der Waals surface area contributed by atoms with E-state index < -0.39 is 5.60 Å². The van der Waals surface area contributed by atoms with E-state index in [9.17, 15) is 9.59 Å². The van der Waals surface area contributed by atoms with Crippen molar-refractivity contribution in [2.45, 2.75) is 59.5 Å². The molecule has 1 atom stereocenters. The zero-order valence-electron chi connectivity index (χ0n) is 14.0. The highest BCUT2D eigenvalue weighted by Gasteiger charge is 2.29. The van der Waals surface area contributed by atoms with Crippen LogP contribution in [0.15, 0.2) is 0 Å². The lowest BCUT2D eigenvalue weighted by molar-refractivity contribution is -0.144. The van der Waals surface area contributed by atoms with E-state index in [1.165, 1.54) is 0 Å². The van der Waals surface area contributed by atoms with Gasteiger partial charge >= 0.3 is 12.1 Å². The number of piperidine rings is 1. The molecule has 0 aliphatic carbocycles. The summed E-state index contributed by atoms with van der Waals surface area (Å²) in [6.45, 7) is 11.4. The monoisotopic (exact) mass is 299 g/mol. The van der Waals surface area contributed by atoms with Crippen LogP contribution < -0.4 is 0 Å². The van der Waals surface area contributed by atoms with Crippen molar-refractivity contribution in [1.82, 2.24) is 4.90 Å². The SMILES string of the molecule is CCOC(=O)CC(C)C1CCN(C(=O)OC(C)(C)C)CC1. The van der Waals surface area contributed by atoms with Crippen molar-refractivity contribution in [2.24, 2.45) is 11.8 Å². The van der Waals surface area contributed by atoms with Crippen molar-refractivity contribution in [2.75, 3.05) is 19.7 Å². The second kappa shape index (κ2) is 7.66. The largest absolute Gasteiger partial charge is 0.466 e. The van der Waals surface area contributed by atoms with Gasteiger partial charge in [-0.3, -0.25) is 4.79 Å². The number of nitrogens with zero attached hydrogens (tertiary/aromatic N) is 1. The van der Waals surface area contributed by atoms with E-state index in [0.717, 1.165) is 12.8 Å². The first-order chi connectivity index (χ1) is 9.73. The van der Waals surface area contributed by atoms with Crippen LogP contribution in [0, 0.1) is 11.8 Å². The summed E-state index contributed by atoms with van der Waals surface area (Å²) in [4.78, 5) is 25.3. The summed E-state index contributed by atoms with van der Waals surface area (Å²) in [5.74, 6) is 0.637. The van der Waals surface area contributed by atoms with E-state index in [1.807, 2.05) is 27.7 Å². The summed E-state index contributed by atoms with van der Waals surface area (Å²) in [5, 5.41) is 0. The molecule has 1 unspecified atom stereocenters. The smallest absolute Gasteiger partial charge is 0.410 e. The molecular formula is C16H29NO4. The summed E-state index contributed by atoms with van der Waals surface area (Å²) >= 11 is 0. The minimum Gasteiger partial charge on any atom is -0.466 e. The number of hydrogen-bond acceptors (Lipinski definition) is 4. The Balaban J connectivity index is 2.38. The second-order valence-corrected chi connectivity index (χ2v) is 6.79. The standard InChI is InChI=1S/C16H29NO4/c1-6-20-14(18)11-12(2)13-7-9-17(10-8-13)15(19)21-16(3,4)5/h12-13H,6-11H2,1-5H3. The van der Waals surface area contributed by atoms with Crippen LogP contribution in [-0.4, -0.2) is 42.3 Å². The summed E-state index contributed by atoms with van der Waals surface area (Å²) in [7, 11) is 0. The van der Waals surface area contributed by atoms with Gasteiger partial charge in [0, 0.05) is 19.5 Å². The Hall–Kier alpha value is -1.26. The lowest BCUT2D eigenvalue weighted by Gasteiger charge is -2.35. The average molecular weight is 299 g/mol. The molecule has 122 valence electrons. The van der Waals surface area contributed by atoms with Crippen LogP contribution in [-0.2, 0) is 14.3 Å². The fourth-order valence-corrected chi connectivity index (χ4v) is 2.63. The van der Waals surface area contributed by atoms with Gasteiger partial charge in [-0.25, -0.2) is 4.79 Å². The van der Waals surface area contributed by atoms with Crippen LogP contribution in [0.3, 0.4) is 0 Å². The molecule has 0 aromatic heterocycles. The fraction of sp³-hybridized carbons (Fsp3) is 0.875. The summed E-state index contributed by atoms with van der Waals surface area (Å²) in [5.41, 5.74) is -0.453. The number of esters is 1. The molecule has 5 heteroatoms. The lowest BCUT2D eigenvalue weighted by atomic mass is 9.84. The third-order valence-corrected chi connectivity index (χ3v) is 3.79. The van der Waals surface area contributed by atoms with Gasteiger partial charge in [0.25, 0.3) is 0 Å². The third-order valence-electron chi connectivity index (χ3n) is 3.79. The second-order valence-electron chi connectivity index (χ2n) is 6.79. The van der Waals surface area contributed by atoms with Gasteiger partial charge in [-0.2, -0.15) is 0 Å². The van der Waals surface area contributed by atoms with Crippen LogP contribution in [0.5, 0.6) is 0 Å². The first-order valence-corrected chi connectivity index (χ1v) is 7.86. The van der Waals surface area contributed by atoms with E-state index in [4.69, 9.17) is 9.47 Å². The predicted octanol–water partition coefficient (Wildman–Crippen LogP) is 3.22. The number of carbonyl (C=O) groups is 2. The Morgan fingerprint density at radius 3 is 2.29 bits per heavy atom. The van der Waals surface area contributed by atoms with Gasteiger partial charge in [-0.15, -0.1) is 0 Å². The molecule has 5 nitrogen and oxygen atoms in total. The quantitative estimate of drug-likeness (QED) is 0.748. The van der Waals surface area contributed by atoms with Crippen LogP contribution in [0.4, 0.5) is 4.79 Å². The maximum atomic E-state index is 12.0. The first-order valence-electron chi connectivity index (χ1n) is 7.86. The average Bonchev–Trinajstić information content (AvgIpc) is 2.37. The molecule has 0 aromatic carbocycles. The van der Waals surface area contributed by atoms with Gasteiger partial charge in [0.2, 0.25) is 0 Å². The molecule has 1 heterocycles. The van der Waals surface area contributed by atoms with E-state index in [2.05, 4.69) is 6.92 Å². The summed E-state index contributed by atoms with van der Waals surface area (Å²) in [6.07, 6.45) is 2.06. The van der Waals surface area contributed by atoms with Gasteiger partial charge in [-0.05, 0) is 52.4 Å². The summed E-state index contributed by atoms with van der Waals surface area (Å²) in [6, 6.07) is 0. The van der Waals surface area contributed by atoms with Crippen molar-refractivity contribution in [3.8, 4) is 0 Å². The van der Waals surface area contributed by atoms with Crippen LogP contribution in [0.1, 0.15) is 53.9 Å². The minimum absolute atomic E-state index is 0.125. The van der Waals surface area contributed by atoms with E-state index in [-0.39, 0.29) is 12.1 Å². The van der Waals surface area contributed by atoms with Crippen molar-refractivity contribution >= 4 is 12.1 Å². The number of carbonyl (C=O) groups excluding carboxylic acids is 2. The molecule has 0 saturated carbocycles. The normalized spacial score (nSPS) is 18.2. The highest BCUT2D eigenvalue weighted by molar-refractivity contribution is 5.69. The Morgan fingerprint density at radius 2 is 1.81 bits per heavy atom.